The second kappa shape index (κ2) is 15.2. The first-order chi connectivity index (χ1) is 26.1. The largest absolute Gasteiger partial charge is 0.490 e. The highest BCUT2D eigenvalue weighted by Gasteiger charge is 2.56. The van der Waals surface area contributed by atoms with Crippen LogP contribution in [-0.4, -0.2) is 72.5 Å². The maximum atomic E-state index is 17.2. The third-order valence-corrected chi connectivity index (χ3v) is 12.9. The number of fused-ring (bicyclic) bond motifs is 3. The molecule has 0 aromatic heterocycles. The fourth-order valence-corrected chi connectivity index (χ4v) is 9.77. The zero-order valence-corrected chi connectivity index (χ0v) is 32.5. The van der Waals surface area contributed by atoms with Crippen molar-refractivity contribution in [2.75, 3.05) is 7.05 Å². The van der Waals surface area contributed by atoms with E-state index < -0.39 is 57.2 Å². The second-order valence-corrected chi connectivity index (χ2v) is 18.1. The van der Waals surface area contributed by atoms with Gasteiger partial charge in [0, 0.05) is 30.7 Å². The van der Waals surface area contributed by atoms with Crippen LogP contribution in [0.5, 0.6) is 5.75 Å². The summed E-state index contributed by atoms with van der Waals surface area (Å²) in [5.74, 6) is -4.21. The lowest BCUT2D eigenvalue weighted by Crippen LogP contribution is -2.61. The molecule has 1 aliphatic carbocycles. The van der Waals surface area contributed by atoms with Crippen LogP contribution in [0.1, 0.15) is 77.7 Å². The Bertz CT molecular complexity index is 2120. The van der Waals surface area contributed by atoms with E-state index in [0.717, 1.165) is 43.7 Å². The molecule has 3 fully saturated rings. The number of piperidine rings is 1. The van der Waals surface area contributed by atoms with Gasteiger partial charge in [-0.15, -0.1) is 0 Å². The number of hydrogen-bond acceptors (Lipinski definition) is 6. The van der Waals surface area contributed by atoms with Crippen molar-refractivity contribution in [3.8, 4) is 16.9 Å². The van der Waals surface area contributed by atoms with Crippen molar-refractivity contribution in [2.24, 2.45) is 0 Å². The zero-order chi connectivity index (χ0) is 39.1. The number of hydrogen-bond donors (Lipinski definition) is 1. The van der Waals surface area contributed by atoms with E-state index in [1.165, 1.54) is 29.2 Å². The summed E-state index contributed by atoms with van der Waals surface area (Å²) in [5.41, 5.74) is 0.354. The first-order valence-corrected chi connectivity index (χ1v) is 20.6. The van der Waals surface area contributed by atoms with Gasteiger partial charge < -0.3 is 19.7 Å². The molecule has 3 atom stereocenters. The van der Waals surface area contributed by atoms with E-state index in [-0.39, 0.29) is 17.0 Å². The Balaban J connectivity index is 1.20. The Labute approximate surface area is 322 Å². The zero-order valence-electron chi connectivity index (χ0n) is 31.7. The number of carbonyl (C=O) groups is 2. The van der Waals surface area contributed by atoms with Crippen molar-refractivity contribution < 1.29 is 36.3 Å². The van der Waals surface area contributed by atoms with Gasteiger partial charge >= 0.3 is 6.09 Å². The van der Waals surface area contributed by atoms with Gasteiger partial charge in [-0.05, 0) is 118 Å². The highest BCUT2D eigenvalue weighted by molar-refractivity contribution is 7.89. The number of nitrogens with zero attached hydrogens (tertiary/aromatic N) is 2. The Morgan fingerprint density at radius 2 is 1.42 bits per heavy atom. The number of ether oxygens (including phenoxy) is 2. The van der Waals surface area contributed by atoms with Gasteiger partial charge in [-0.3, -0.25) is 4.79 Å². The van der Waals surface area contributed by atoms with Crippen molar-refractivity contribution >= 4 is 32.8 Å². The third-order valence-electron chi connectivity index (χ3n) is 11.1. The average Bonchev–Trinajstić information content (AvgIpc) is 3.75. The third kappa shape index (κ3) is 8.21. The number of halogens is 2. The molecule has 55 heavy (non-hydrogen) atoms. The summed E-state index contributed by atoms with van der Waals surface area (Å²) in [6.45, 7) is 5.29. The Morgan fingerprint density at radius 1 is 0.818 bits per heavy atom. The highest BCUT2D eigenvalue weighted by Crippen LogP contribution is 2.43. The van der Waals surface area contributed by atoms with E-state index in [1.54, 1.807) is 51.1 Å². The molecule has 1 saturated carbocycles. The topological polar surface area (TPSA) is 105 Å². The van der Waals surface area contributed by atoms with Crippen LogP contribution in [0.25, 0.3) is 21.9 Å². The molecule has 2 bridgehead atoms. The Morgan fingerprint density at radius 3 is 2.05 bits per heavy atom. The molecule has 1 N–H and O–H groups in total. The second-order valence-electron chi connectivity index (χ2n) is 16.1. The van der Waals surface area contributed by atoms with Crippen molar-refractivity contribution in [1.29, 1.82) is 0 Å². The van der Waals surface area contributed by atoms with Gasteiger partial charge in [0.05, 0.1) is 11.0 Å². The summed E-state index contributed by atoms with van der Waals surface area (Å²) in [6, 6.07) is 21.1. The number of alkyl carbamates (subject to hydrolysis) is 1. The van der Waals surface area contributed by atoms with Crippen LogP contribution in [0.3, 0.4) is 0 Å². The number of likely N-dealkylation sites (N-methyl/N-ethyl adjacent to an activating group) is 1. The molecule has 2 saturated heterocycles. The number of alkyl halides is 2. The summed E-state index contributed by atoms with van der Waals surface area (Å²) in [6.07, 6.45) is 5.55. The van der Waals surface area contributed by atoms with Gasteiger partial charge in [0.1, 0.15) is 11.4 Å². The highest BCUT2D eigenvalue weighted by atomic mass is 32.2. The monoisotopic (exact) mass is 773 g/mol. The van der Waals surface area contributed by atoms with Crippen molar-refractivity contribution in [3.63, 3.8) is 0 Å². The molecule has 4 aromatic rings. The average molecular weight is 774 g/mol. The number of sulfonamides is 1. The predicted octanol–water partition coefficient (Wildman–Crippen LogP) is 8.66. The Hall–Kier alpha value is -4.55. The molecule has 9 nitrogen and oxygen atoms in total. The molecular weight excluding hydrogens is 725 g/mol. The van der Waals surface area contributed by atoms with E-state index >= 15 is 8.78 Å². The van der Waals surface area contributed by atoms with Crippen LogP contribution < -0.4 is 10.1 Å². The van der Waals surface area contributed by atoms with Gasteiger partial charge in [-0.1, -0.05) is 66.7 Å². The maximum absolute atomic E-state index is 17.2. The molecule has 2 amide bonds. The van der Waals surface area contributed by atoms with E-state index in [9.17, 15) is 18.0 Å². The minimum absolute atomic E-state index is 0.152. The normalized spacial score (nSPS) is 21.1. The fraction of sp³-hybridized carbons (Fsp3) is 0.442. The van der Waals surface area contributed by atoms with Gasteiger partial charge in [0.15, 0.2) is 6.04 Å². The van der Waals surface area contributed by atoms with Gasteiger partial charge in [0.25, 0.3) is 5.92 Å². The molecular formula is C43H49F2N3O6S. The summed E-state index contributed by atoms with van der Waals surface area (Å²) in [4.78, 5) is 28.5. The minimum atomic E-state index is -4.64. The molecule has 0 radical (unpaired) electrons. The van der Waals surface area contributed by atoms with Crippen molar-refractivity contribution in [3.05, 3.63) is 96.6 Å². The van der Waals surface area contributed by atoms with Crippen LogP contribution in [-0.2, 0) is 25.5 Å². The van der Waals surface area contributed by atoms with Gasteiger partial charge in [-0.2, -0.15) is 13.1 Å². The van der Waals surface area contributed by atoms with Crippen LogP contribution in [0.4, 0.5) is 13.6 Å². The lowest BCUT2D eigenvalue weighted by atomic mass is 9.93. The van der Waals surface area contributed by atoms with E-state index in [4.69, 9.17) is 9.47 Å². The lowest BCUT2D eigenvalue weighted by molar-refractivity contribution is -0.155. The molecule has 2 heterocycles. The molecule has 4 aromatic carbocycles. The summed E-state index contributed by atoms with van der Waals surface area (Å²) < 4.78 is 75.3. The molecule has 3 unspecified atom stereocenters. The molecule has 292 valence electrons. The molecule has 0 spiro atoms. The smallest absolute Gasteiger partial charge is 0.407 e. The maximum Gasteiger partial charge on any atom is 0.407 e. The van der Waals surface area contributed by atoms with Crippen LogP contribution >= 0.6 is 0 Å². The van der Waals surface area contributed by atoms with E-state index in [1.807, 2.05) is 36.4 Å². The van der Waals surface area contributed by atoms with E-state index in [2.05, 4.69) is 5.32 Å². The number of nitrogens with one attached hydrogen (secondary N) is 1. The summed E-state index contributed by atoms with van der Waals surface area (Å²) in [5, 5.41) is 4.22. The number of benzene rings is 4. The van der Waals surface area contributed by atoms with Crippen LogP contribution in [0, 0.1) is 0 Å². The number of carbonyl (C=O) groups excluding carboxylic acids is 2. The van der Waals surface area contributed by atoms with Crippen molar-refractivity contribution in [1.82, 2.24) is 14.5 Å². The number of rotatable bonds is 10. The first-order valence-electron chi connectivity index (χ1n) is 19.1. The molecule has 2 aliphatic heterocycles. The quantitative estimate of drug-likeness (QED) is 0.173. The fourth-order valence-electron chi connectivity index (χ4n) is 8.42. The first kappa shape index (κ1) is 38.7. The Kier molecular flexibility index (Phi) is 10.7. The minimum Gasteiger partial charge on any atom is -0.490 e. The molecule has 3 aliphatic rings. The lowest BCUT2D eigenvalue weighted by Gasteiger charge is -2.43. The standard InChI is InChI=1S/C43H49F2N3O6S/c1-42(2,3)54-41(50)46-33-26-34-20-21-35(27-33)48(34)40(49)39(43(44,45)32-18-14-29(15-19-32)28-10-6-5-7-11-28)47(4)55(51,52)38-23-17-30-24-37(22-16-31(30)25-38)53-36-12-8-9-13-36/h5-7,10-11,14-19,22-25,33-36,39H,8-9,12-13,20-21,26-27H2,1-4H3,(H,46,50). The summed E-state index contributed by atoms with van der Waals surface area (Å²) in [7, 11) is -3.58. The van der Waals surface area contributed by atoms with Gasteiger partial charge in [0.2, 0.25) is 15.9 Å². The van der Waals surface area contributed by atoms with Crippen LogP contribution in [0.2, 0.25) is 0 Å². The van der Waals surface area contributed by atoms with E-state index in [0.29, 0.717) is 46.7 Å². The van der Waals surface area contributed by atoms with Crippen molar-refractivity contribution in [2.45, 2.75) is 119 Å². The summed E-state index contributed by atoms with van der Waals surface area (Å²) >= 11 is 0. The van der Waals surface area contributed by atoms with Gasteiger partial charge in [-0.25, -0.2) is 13.2 Å². The molecule has 7 rings (SSSR count). The molecule has 12 heteroatoms. The SMILES string of the molecule is CN(C(C(=O)N1C2CCC1CC(NC(=O)OC(C)(C)C)C2)C(F)(F)c1ccc(-c2ccccc2)cc1)S(=O)(=O)c1ccc2cc(OC3CCCC3)ccc2c1. The van der Waals surface area contributed by atoms with Crippen LogP contribution in [0.15, 0.2) is 95.9 Å². The predicted molar refractivity (Wildman–Crippen MR) is 207 cm³/mol. The number of amides is 2.